The molecule has 0 fully saturated rings. The van der Waals surface area contributed by atoms with Gasteiger partial charge in [0.1, 0.15) is 11.6 Å². The highest BCUT2D eigenvalue weighted by atomic mass is 19.4. The van der Waals surface area contributed by atoms with E-state index >= 15 is 0 Å². The summed E-state index contributed by atoms with van der Waals surface area (Å²) in [6.07, 6.45) is -1.90. The Balaban J connectivity index is 1.98. The first kappa shape index (κ1) is 18.8. The highest BCUT2D eigenvalue weighted by Gasteiger charge is 2.32. The largest absolute Gasteiger partial charge is 0.416 e. The number of nitrogens with one attached hydrogen (secondary N) is 1. The standard InChI is InChI=1S/C17H14F4N4O2/c1-9-23-15(5-16(27)24-9)25-7-10(6-22-25)13(8-26)12-3-2-11(4-14(12)18)17(19,20)21/h2-7,13,26H,8H2,1H3,(H,23,24,27). The highest BCUT2D eigenvalue weighted by molar-refractivity contribution is 5.35. The van der Waals surface area contributed by atoms with Crippen LogP contribution in [0.25, 0.3) is 5.82 Å². The fourth-order valence-corrected chi connectivity index (χ4v) is 2.69. The number of benzene rings is 1. The van der Waals surface area contributed by atoms with Gasteiger partial charge in [0.15, 0.2) is 5.82 Å². The average Bonchev–Trinajstić information content (AvgIpc) is 3.05. The number of aliphatic hydroxyl groups is 1. The summed E-state index contributed by atoms with van der Waals surface area (Å²) in [6.45, 7) is 1.04. The van der Waals surface area contributed by atoms with Gasteiger partial charge in [0.2, 0.25) is 0 Å². The first-order chi connectivity index (χ1) is 12.7. The maximum atomic E-state index is 14.2. The second kappa shape index (κ2) is 6.95. The molecule has 2 aromatic heterocycles. The summed E-state index contributed by atoms with van der Waals surface area (Å²) in [5.41, 5.74) is -1.24. The zero-order valence-corrected chi connectivity index (χ0v) is 14.0. The molecule has 0 spiro atoms. The van der Waals surface area contributed by atoms with E-state index in [9.17, 15) is 27.5 Å². The lowest BCUT2D eigenvalue weighted by molar-refractivity contribution is -0.137. The average molecular weight is 382 g/mol. The number of aromatic nitrogens is 4. The third-order valence-corrected chi connectivity index (χ3v) is 3.97. The van der Waals surface area contributed by atoms with Crippen LogP contribution in [0.15, 0.2) is 41.5 Å². The van der Waals surface area contributed by atoms with E-state index in [0.717, 1.165) is 12.1 Å². The zero-order valence-electron chi connectivity index (χ0n) is 14.0. The molecule has 0 saturated carbocycles. The van der Waals surface area contributed by atoms with E-state index in [1.807, 2.05) is 0 Å². The first-order valence-electron chi connectivity index (χ1n) is 7.79. The first-order valence-corrected chi connectivity index (χ1v) is 7.79. The lowest BCUT2D eigenvalue weighted by Crippen LogP contribution is -2.12. The Hall–Kier alpha value is -3.01. The Kier molecular flexibility index (Phi) is 4.83. The molecule has 0 bridgehead atoms. The summed E-state index contributed by atoms with van der Waals surface area (Å²) in [5.74, 6) is -1.43. The van der Waals surface area contributed by atoms with Crippen molar-refractivity contribution in [2.24, 2.45) is 0 Å². The molecule has 27 heavy (non-hydrogen) atoms. The van der Waals surface area contributed by atoms with Crippen molar-refractivity contribution in [1.82, 2.24) is 19.7 Å². The third kappa shape index (κ3) is 3.90. The maximum absolute atomic E-state index is 14.2. The molecule has 1 aromatic carbocycles. The van der Waals surface area contributed by atoms with Crippen molar-refractivity contribution in [2.45, 2.75) is 19.0 Å². The number of aliphatic hydroxyl groups excluding tert-OH is 1. The van der Waals surface area contributed by atoms with Gasteiger partial charge in [-0.3, -0.25) is 4.79 Å². The molecule has 2 N–H and O–H groups in total. The topological polar surface area (TPSA) is 83.8 Å². The lowest BCUT2D eigenvalue weighted by atomic mass is 9.93. The predicted molar refractivity (Wildman–Crippen MR) is 87.0 cm³/mol. The van der Waals surface area contributed by atoms with Crippen molar-refractivity contribution in [3.05, 3.63) is 75.3 Å². The molecule has 0 amide bonds. The summed E-state index contributed by atoms with van der Waals surface area (Å²) >= 11 is 0. The van der Waals surface area contributed by atoms with E-state index in [1.54, 1.807) is 6.92 Å². The van der Waals surface area contributed by atoms with Crippen LogP contribution in [0.5, 0.6) is 0 Å². The summed E-state index contributed by atoms with van der Waals surface area (Å²) in [4.78, 5) is 18.1. The van der Waals surface area contributed by atoms with Gasteiger partial charge in [-0.15, -0.1) is 0 Å². The molecule has 0 aliphatic heterocycles. The third-order valence-electron chi connectivity index (χ3n) is 3.97. The monoisotopic (exact) mass is 382 g/mol. The van der Waals surface area contributed by atoms with Crippen LogP contribution < -0.4 is 5.56 Å². The van der Waals surface area contributed by atoms with Crippen LogP contribution in [0.1, 0.15) is 28.4 Å². The molecule has 0 saturated heterocycles. The fourth-order valence-electron chi connectivity index (χ4n) is 2.69. The molecule has 2 heterocycles. The molecule has 0 radical (unpaired) electrons. The fraction of sp³-hybridized carbons (Fsp3) is 0.235. The maximum Gasteiger partial charge on any atom is 0.416 e. The van der Waals surface area contributed by atoms with E-state index in [-0.39, 0.29) is 16.9 Å². The zero-order chi connectivity index (χ0) is 19.8. The summed E-state index contributed by atoms with van der Waals surface area (Å²) in [5, 5.41) is 13.7. The lowest BCUT2D eigenvalue weighted by Gasteiger charge is -2.15. The van der Waals surface area contributed by atoms with Crippen LogP contribution in [0.3, 0.4) is 0 Å². The van der Waals surface area contributed by atoms with Crippen molar-refractivity contribution in [2.75, 3.05) is 6.61 Å². The van der Waals surface area contributed by atoms with Crippen LogP contribution in [0.2, 0.25) is 0 Å². The number of alkyl halides is 3. The Labute approximate surface area is 150 Å². The minimum absolute atomic E-state index is 0.0971. The molecule has 3 rings (SSSR count). The van der Waals surface area contributed by atoms with E-state index < -0.39 is 30.1 Å². The van der Waals surface area contributed by atoms with Crippen LogP contribution in [-0.4, -0.2) is 31.5 Å². The van der Waals surface area contributed by atoms with E-state index in [2.05, 4.69) is 15.1 Å². The summed E-state index contributed by atoms with van der Waals surface area (Å²) in [6, 6.07) is 3.35. The number of hydrogen-bond donors (Lipinski definition) is 2. The molecule has 0 aliphatic carbocycles. The molecule has 1 unspecified atom stereocenters. The van der Waals surface area contributed by atoms with Gasteiger partial charge in [-0.1, -0.05) is 6.07 Å². The highest BCUT2D eigenvalue weighted by Crippen LogP contribution is 2.33. The SMILES string of the molecule is Cc1nc(-n2cc(C(CO)c3ccc(C(F)(F)F)cc3F)cn2)cc(=O)[nH]1. The van der Waals surface area contributed by atoms with E-state index in [4.69, 9.17) is 0 Å². The number of halogens is 4. The molecule has 6 nitrogen and oxygen atoms in total. The van der Waals surface area contributed by atoms with Gasteiger partial charge < -0.3 is 10.1 Å². The van der Waals surface area contributed by atoms with Crippen molar-refractivity contribution in [3.8, 4) is 5.82 Å². The molecule has 3 aromatic rings. The Morgan fingerprint density at radius 1 is 1.30 bits per heavy atom. The Morgan fingerprint density at radius 3 is 2.63 bits per heavy atom. The van der Waals surface area contributed by atoms with Gasteiger partial charge in [0, 0.05) is 23.7 Å². The van der Waals surface area contributed by atoms with Crippen LogP contribution in [-0.2, 0) is 6.18 Å². The van der Waals surface area contributed by atoms with Gasteiger partial charge in [0.25, 0.3) is 5.56 Å². The minimum atomic E-state index is -4.66. The van der Waals surface area contributed by atoms with Gasteiger partial charge in [-0.25, -0.2) is 14.1 Å². The quantitative estimate of drug-likeness (QED) is 0.680. The number of aryl methyl sites for hydroxylation is 1. The molecule has 1 atom stereocenters. The number of H-pyrrole nitrogens is 1. The van der Waals surface area contributed by atoms with Crippen molar-refractivity contribution >= 4 is 0 Å². The Bertz CT molecular complexity index is 1030. The Morgan fingerprint density at radius 2 is 2.04 bits per heavy atom. The van der Waals surface area contributed by atoms with Gasteiger partial charge in [0.05, 0.1) is 18.4 Å². The molecule has 142 valence electrons. The predicted octanol–water partition coefficient (Wildman–Crippen LogP) is 2.55. The number of hydrogen-bond acceptors (Lipinski definition) is 4. The molecular weight excluding hydrogens is 368 g/mol. The molecule has 10 heteroatoms. The van der Waals surface area contributed by atoms with Crippen molar-refractivity contribution < 1.29 is 22.7 Å². The second-order valence-corrected chi connectivity index (χ2v) is 5.88. The molecular formula is C17H14F4N4O2. The van der Waals surface area contributed by atoms with Crippen molar-refractivity contribution in [1.29, 1.82) is 0 Å². The number of aromatic amines is 1. The van der Waals surface area contributed by atoms with Crippen LogP contribution in [0.4, 0.5) is 17.6 Å². The van der Waals surface area contributed by atoms with Crippen molar-refractivity contribution in [3.63, 3.8) is 0 Å². The van der Waals surface area contributed by atoms with Crippen LogP contribution >= 0.6 is 0 Å². The smallest absolute Gasteiger partial charge is 0.395 e. The van der Waals surface area contributed by atoms with E-state index in [1.165, 1.54) is 23.1 Å². The number of rotatable bonds is 4. The van der Waals surface area contributed by atoms with Gasteiger partial charge >= 0.3 is 6.18 Å². The van der Waals surface area contributed by atoms with Gasteiger partial charge in [-0.05, 0) is 24.6 Å². The second-order valence-electron chi connectivity index (χ2n) is 5.88. The van der Waals surface area contributed by atoms with Crippen LogP contribution in [0, 0.1) is 12.7 Å². The molecule has 0 aliphatic rings. The minimum Gasteiger partial charge on any atom is -0.395 e. The van der Waals surface area contributed by atoms with Gasteiger partial charge in [-0.2, -0.15) is 18.3 Å². The summed E-state index contributed by atoms with van der Waals surface area (Å²) in [7, 11) is 0. The number of nitrogens with zero attached hydrogens (tertiary/aromatic N) is 3. The van der Waals surface area contributed by atoms with E-state index in [0.29, 0.717) is 17.5 Å². The summed E-state index contributed by atoms with van der Waals surface area (Å²) < 4.78 is 53.6. The normalized spacial score (nSPS) is 13.0.